The predicted molar refractivity (Wildman–Crippen MR) is 95.9 cm³/mol. The number of hydrogen-bond donors (Lipinski definition) is 1. The Morgan fingerprint density at radius 2 is 1.71 bits per heavy atom. The summed E-state index contributed by atoms with van der Waals surface area (Å²) in [6, 6.07) is 11.2. The average molecular weight is 348 g/mol. The maximum atomic E-state index is 12.2. The SMILES string of the molecule is COc1ccc(CNC(=O)[C@H](C)Oc2cc(C)c(Cl)c(C)c2)cc1. The summed E-state index contributed by atoms with van der Waals surface area (Å²) >= 11 is 6.14. The van der Waals surface area contributed by atoms with Gasteiger partial charge in [0.05, 0.1) is 7.11 Å². The van der Waals surface area contributed by atoms with Crippen LogP contribution in [0, 0.1) is 13.8 Å². The molecule has 1 amide bonds. The second-order valence-electron chi connectivity index (χ2n) is 5.70. The molecule has 0 aliphatic rings. The molecule has 5 heteroatoms. The average Bonchev–Trinajstić information content (AvgIpc) is 2.57. The summed E-state index contributed by atoms with van der Waals surface area (Å²) in [5.41, 5.74) is 2.85. The second kappa shape index (κ2) is 8.06. The molecular formula is C19H22ClNO3. The Bertz CT molecular complexity index is 690. The highest BCUT2D eigenvalue weighted by Crippen LogP contribution is 2.26. The molecule has 0 aromatic heterocycles. The standard InChI is InChI=1S/C19H22ClNO3/c1-12-9-17(10-13(2)18(12)20)24-14(3)19(22)21-11-15-5-7-16(23-4)8-6-15/h5-10,14H,11H2,1-4H3,(H,21,22)/t14-/m0/s1. The van der Waals surface area contributed by atoms with Gasteiger partial charge in [0.25, 0.3) is 5.91 Å². The van der Waals surface area contributed by atoms with Crippen molar-refractivity contribution in [2.45, 2.75) is 33.4 Å². The highest BCUT2D eigenvalue weighted by Gasteiger charge is 2.15. The van der Waals surface area contributed by atoms with E-state index in [1.807, 2.05) is 50.2 Å². The maximum absolute atomic E-state index is 12.2. The van der Waals surface area contributed by atoms with Crippen molar-refractivity contribution in [2.24, 2.45) is 0 Å². The molecule has 0 aliphatic heterocycles. The van der Waals surface area contributed by atoms with Crippen LogP contribution in [0.3, 0.4) is 0 Å². The summed E-state index contributed by atoms with van der Waals surface area (Å²) in [6.07, 6.45) is -0.594. The maximum Gasteiger partial charge on any atom is 0.261 e. The topological polar surface area (TPSA) is 47.6 Å². The van der Waals surface area contributed by atoms with Gasteiger partial charge < -0.3 is 14.8 Å². The van der Waals surface area contributed by atoms with Crippen LogP contribution in [0.25, 0.3) is 0 Å². The van der Waals surface area contributed by atoms with E-state index in [2.05, 4.69) is 5.32 Å². The van der Waals surface area contributed by atoms with Crippen molar-refractivity contribution in [2.75, 3.05) is 7.11 Å². The number of rotatable bonds is 6. The lowest BCUT2D eigenvalue weighted by molar-refractivity contribution is -0.127. The van der Waals surface area contributed by atoms with Crippen LogP contribution in [0.15, 0.2) is 36.4 Å². The van der Waals surface area contributed by atoms with E-state index in [9.17, 15) is 4.79 Å². The molecule has 0 radical (unpaired) electrons. The zero-order chi connectivity index (χ0) is 17.7. The Morgan fingerprint density at radius 3 is 2.25 bits per heavy atom. The first-order valence-electron chi connectivity index (χ1n) is 7.74. The van der Waals surface area contributed by atoms with Crippen LogP contribution in [0.4, 0.5) is 0 Å². The van der Waals surface area contributed by atoms with Gasteiger partial charge in [-0.3, -0.25) is 4.79 Å². The molecule has 0 unspecified atom stereocenters. The molecule has 4 nitrogen and oxygen atoms in total. The minimum absolute atomic E-state index is 0.170. The quantitative estimate of drug-likeness (QED) is 0.857. The number of amides is 1. The van der Waals surface area contributed by atoms with Crippen LogP contribution in [0.2, 0.25) is 5.02 Å². The summed E-state index contributed by atoms with van der Waals surface area (Å²) in [4.78, 5) is 12.2. The van der Waals surface area contributed by atoms with Crippen molar-refractivity contribution in [3.05, 3.63) is 58.1 Å². The van der Waals surface area contributed by atoms with Crippen LogP contribution < -0.4 is 14.8 Å². The van der Waals surface area contributed by atoms with Crippen molar-refractivity contribution < 1.29 is 14.3 Å². The third-order valence-electron chi connectivity index (χ3n) is 3.72. The molecule has 0 saturated carbocycles. The molecule has 0 bridgehead atoms. The normalized spacial score (nSPS) is 11.7. The van der Waals surface area contributed by atoms with Crippen LogP contribution in [0.5, 0.6) is 11.5 Å². The summed E-state index contributed by atoms with van der Waals surface area (Å²) in [5, 5.41) is 3.59. The predicted octanol–water partition coefficient (Wildman–Crippen LogP) is 4.05. The molecule has 2 rings (SSSR count). The lowest BCUT2D eigenvalue weighted by atomic mass is 10.1. The minimum Gasteiger partial charge on any atom is -0.497 e. The van der Waals surface area contributed by atoms with E-state index in [0.717, 1.165) is 27.5 Å². The third kappa shape index (κ3) is 4.65. The Hall–Kier alpha value is -2.20. The number of nitrogens with one attached hydrogen (secondary N) is 1. The Kier molecular flexibility index (Phi) is 6.10. The zero-order valence-corrected chi connectivity index (χ0v) is 15.1. The van der Waals surface area contributed by atoms with Crippen molar-refractivity contribution in [1.82, 2.24) is 5.32 Å². The number of hydrogen-bond acceptors (Lipinski definition) is 3. The number of carbonyl (C=O) groups excluding carboxylic acids is 1. The van der Waals surface area contributed by atoms with Crippen LogP contribution in [0.1, 0.15) is 23.6 Å². The molecule has 0 fully saturated rings. The molecule has 0 aliphatic carbocycles. The molecule has 0 saturated heterocycles. The molecule has 0 heterocycles. The summed E-state index contributed by atoms with van der Waals surface area (Å²) < 4.78 is 10.8. The van der Waals surface area contributed by atoms with Gasteiger partial charge in [-0.15, -0.1) is 0 Å². The zero-order valence-electron chi connectivity index (χ0n) is 14.4. The second-order valence-corrected chi connectivity index (χ2v) is 6.07. The van der Waals surface area contributed by atoms with Gasteiger partial charge >= 0.3 is 0 Å². The van der Waals surface area contributed by atoms with Crippen LogP contribution in [-0.4, -0.2) is 19.1 Å². The monoisotopic (exact) mass is 347 g/mol. The molecule has 1 atom stereocenters. The fourth-order valence-corrected chi connectivity index (χ4v) is 2.42. The first kappa shape index (κ1) is 18.1. The van der Waals surface area contributed by atoms with E-state index < -0.39 is 6.10 Å². The molecule has 1 N–H and O–H groups in total. The molecule has 2 aromatic rings. The Labute approximate surface area is 147 Å². The molecule has 24 heavy (non-hydrogen) atoms. The number of benzene rings is 2. The third-order valence-corrected chi connectivity index (χ3v) is 4.31. The number of aryl methyl sites for hydroxylation is 2. The van der Waals surface area contributed by atoms with Crippen LogP contribution in [-0.2, 0) is 11.3 Å². The van der Waals surface area contributed by atoms with Gasteiger partial charge in [-0.05, 0) is 61.7 Å². The first-order chi connectivity index (χ1) is 11.4. The lowest BCUT2D eigenvalue weighted by Crippen LogP contribution is -2.35. The summed E-state index contributed by atoms with van der Waals surface area (Å²) in [7, 11) is 1.62. The largest absolute Gasteiger partial charge is 0.497 e. The number of carbonyl (C=O) groups is 1. The van der Waals surface area contributed by atoms with Crippen molar-refractivity contribution in [3.63, 3.8) is 0 Å². The fourth-order valence-electron chi connectivity index (χ4n) is 2.31. The number of methoxy groups -OCH3 is 1. The van der Waals surface area contributed by atoms with Crippen LogP contribution >= 0.6 is 11.6 Å². The first-order valence-corrected chi connectivity index (χ1v) is 8.12. The van der Waals surface area contributed by atoms with Crippen molar-refractivity contribution >= 4 is 17.5 Å². The van der Waals surface area contributed by atoms with Gasteiger partial charge in [0.1, 0.15) is 11.5 Å². The van der Waals surface area contributed by atoms with E-state index in [1.54, 1.807) is 14.0 Å². The molecule has 2 aromatic carbocycles. The van der Waals surface area contributed by atoms with E-state index >= 15 is 0 Å². The van der Waals surface area contributed by atoms with E-state index in [-0.39, 0.29) is 5.91 Å². The van der Waals surface area contributed by atoms with E-state index in [1.165, 1.54) is 0 Å². The highest BCUT2D eigenvalue weighted by molar-refractivity contribution is 6.32. The molecular weight excluding hydrogens is 326 g/mol. The van der Waals surface area contributed by atoms with Gasteiger partial charge in [-0.1, -0.05) is 23.7 Å². The van der Waals surface area contributed by atoms with Gasteiger partial charge in [0, 0.05) is 11.6 Å². The Morgan fingerprint density at radius 1 is 1.12 bits per heavy atom. The number of ether oxygens (including phenoxy) is 2. The van der Waals surface area contributed by atoms with Gasteiger partial charge in [0.2, 0.25) is 0 Å². The lowest BCUT2D eigenvalue weighted by Gasteiger charge is -2.16. The van der Waals surface area contributed by atoms with Gasteiger partial charge in [0.15, 0.2) is 6.10 Å². The Balaban J connectivity index is 1.92. The van der Waals surface area contributed by atoms with Gasteiger partial charge in [-0.25, -0.2) is 0 Å². The summed E-state index contributed by atoms with van der Waals surface area (Å²) in [6.45, 7) is 5.99. The highest BCUT2D eigenvalue weighted by atomic mass is 35.5. The van der Waals surface area contributed by atoms with Crippen molar-refractivity contribution in [1.29, 1.82) is 0 Å². The van der Waals surface area contributed by atoms with Crippen molar-refractivity contribution in [3.8, 4) is 11.5 Å². The summed E-state index contributed by atoms with van der Waals surface area (Å²) in [5.74, 6) is 1.26. The smallest absolute Gasteiger partial charge is 0.261 e. The minimum atomic E-state index is -0.594. The van der Waals surface area contributed by atoms with E-state index in [4.69, 9.17) is 21.1 Å². The van der Waals surface area contributed by atoms with Gasteiger partial charge in [-0.2, -0.15) is 0 Å². The molecule has 128 valence electrons. The van der Waals surface area contributed by atoms with E-state index in [0.29, 0.717) is 12.3 Å². The fraction of sp³-hybridized carbons (Fsp3) is 0.316. The molecule has 0 spiro atoms. The number of halogens is 1.